The highest BCUT2D eigenvalue weighted by atomic mass is 16.3. The minimum Gasteiger partial charge on any atom is -0.390 e. The van der Waals surface area contributed by atoms with E-state index in [1.165, 1.54) is 12.8 Å². The zero-order valence-electron chi connectivity index (χ0n) is 9.50. The van der Waals surface area contributed by atoms with Gasteiger partial charge in [-0.15, -0.1) is 0 Å². The lowest BCUT2D eigenvalue weighted by molar-refractivity contribution is -0.125. The lowest BCUT2D eigenvalue weighted by Crippen LogP contribution is -2.30. The van der Waals surface area contributed by atoms with Crippen molar-refractivity contribution in [3.8, 4) is 0 Å². The van der Waals surface area contributed by atoms with Gasteiger partial charge in [-0.25, -0.2) is 0 Å². The third-order valence-corrected chi connectivity index (χ3v) is 4.09. The predicted molar refractivity (Wildman–Crippen MR) is 59.6 cm³/mol. The Kier molecular flexibility index (Phi) is 3.45. The van der Waals surface area contributed by atoms with Crippen LogP contribution in [0.1, 0.15) is 64.2 Å². The van der Waals surface area contributed by atoms with Crippen molar-refractivity contribution in [2.45, 2.75) is 69.8 Å². The van der Waals surface area contributed by atoms with Gasteiger partial charge >= 0.3 is 0 Å². The maximum Gasteiger partial charge on any atom is 0.136 e. The number of carbonyl (C=O) groups is 1. The largest absolute Gasteiger partial charge is 0.390 e. The average Bonchev–Trinajstić information content (AvgIpc) is 2.53. The molecular formula is C13H22O2. The third kappa shape index (κ3) is 2.81. The highest BCUT2D eigenvalue weighted by molar-refractivity contribution is 5.81. The van der Waals surface area contributed by atoms with Gasteiger partial charge in [-0.3, -0.25) is 4.79 Å². The Morgan fingerprint density at radius 3 is 2.60 bits per heavy atom. The molecule has 0 heterocycles. The van der Waals surface area contributed by atoms with Gasteiger partial charge in [0, 0.05) is 12.3 Å². The topological polar surface area (TPSA) is 37.3 Å². The average molecular weight is 210 g/mol. The Labute approximate surface area is 92.1 Å². The molecule has 15 heavy (non-hydrogen) atoms. The van der Waals surface area contributed by atoms with Crippen molar-refractivity contribution in [2.75, 3.05) is 0 Å². The van der Waals surface area contributed by atoms with E-state index >= 15 is 0 Å². The van der Waals surface area contributed by atoms with Crippen molar-refractivity contribution in [1.82, 2.24) is 0 Å². The fourth-order valence-corrected chi connectivity index (χ4v) is 3.14. The quantitative estimate of drug-likeness (QED) is 0.712. The van der Waals surface area contributed by atoms with E-state index in [2.05, 4.69) is 0 Å². The molecule has 1 unspecified atom stereocenters. The summed E-state index contributed by atoms with van der Waals surface area (Å²) in [6, 6.07) is 0. The van der Waals surface area contributed by atoms with Crippen LogP contribution in [0, 0.1) is 5.92 Å². The van der Waals surface area contributed by atoms with Crippen LogP contribution in [0.5, 0.6) is 0 Å². The second kappa shape index (κ2) is 4.65. The lowest BCUT2D eigenvalue weighted by Gasteiger charge is -2.26. The molecule has 0 saturated heterocycles. The molecule has 1 N–H and O–H groups in total. The number of ketones is 1. The summed E-state index contributed by atoms with van der Waals surface area (Å²) >= 11 is 0. The van der Waals surface area contributed by atoms with Crippen molar-refractivity contribution in [3.63, 3.8) is 0 Å². The van der Waals surface area contributed by atoms with E-state index < -0.39 is 5.60 Å². The van der Waals surface area contributed by atoms with Crippen LogP contribution in [-0.4, -0.2) is 16.5 Å². The van der Waals surface area contributed by atoms with E-state index in [0.29, 0.717) is 5.78 Å². The van der Waals surface area contributed by atoms with Crippen molar-refractivity contribution < 1.29 is 9.90 Å². The van der Waals surface area contributed by atoms with Crippen molar-refractivity contribution >= 4 is 5.78 Å². The van der Waals surface area contributed by atoms with E-state index in [1.54, 1.807) is 0 Å². The van der Waals surface area contributed by atoms with Crippen LogP contribution >= 0.6 is 0 Å². The number of hydrogen-bond acceptors (Lipinski definition) is 2. The number of rotatable bonds is 2. The highest BCUT2D eigenvalue weighted by Crippen LogP contribution is 2.37. The van der Waals surface area contributed by atoms with E-state index in [0.717, 1.165) is 51.4 Å². The highest BCUT2D eigenvalue weighted by Gasteiger charge is 2.35. The van der Waals surface area contributed by atoms with E-state index in [-0.39, 0.29) is 5.92 Å². The Morgan fingerprint density at radius 1 is 1.13 bits per heavy atom. The van der Waals surface area contributed by atoms with Crippen LogP contribution in [0.15, 0.2) is 0 Å². The molecule has 1 atom stereocenters. The summed E-state index contributed by atoms with van der Waals surface area (Å²) in [4.78, 5) is 11.8. The zero-order chi connectivity index (χ0) is 10.7. The van der Waals surface area contributed by atoms with Crippen LogP contribution < -0.4 is 0 Å². The zero-order valence-corrected chi connectivity index (χ0v) is 9.50. The van der Waals surface area contributed by atoms with Gasteiger partial charge in [-0.2, -0.15) is 0 Å². The molecule has 0 aromatic heterocycles. The first-order chi connectivity index (χ1) is 7.20. The summed E-state index contributed by atoms with van der Waals surface area (Å²) < 4.78 is 0. The van der Waals surface area contributed by atoms with Gasteiger partial charge in [-0.1, -0.05) is 25.7 Å². The third-order valence-electron chi connectivity index (χ3n) is 4.09. The molecule has 2 aliphatic rings. The van der Waals surface area contributed by atoms with Gasteiger partial charge in [0.25, 0.3) is 0 Å². The smallest absolute Gasteiger partial charge is 0.136 e. The SMILES string of the molecule is O=C1CCCCCC1CC1(O)CCCC1. The molecule has 2 heteroatoms. The minimum atomic E-state index is -0.495. The first-order valence-electron chi connectivity index (χ1n) is 6.45. The molecule has 2 fully saturated rings. The first kappa shape index (κ1) is 11.1. The Morgan fingerprint density at radius 2 is 1.87 bits per heavy atom. The van der Waals surface area contributed by atoms with Crippen molar-refractivity contribution in [3.05, 3.63) is 0 Å². The van der Waals surface area contributed by atoms with E-state index in [4.69, 9.17) is 0 Å². The van der Waals surface area contributed by atoms with Gasteiger partial charge in [0.1, 0.15) is 5.78 Å². The molecule has 0 bridgehead atoms. The Hall–Kier alpha value is -0.370. The molecular weight excluding hydrogens is 188 g/mol. The molecule has 0 aliphatic heterocycles. The fraction of sp³-hybridized carbons (Fsp3) is 0.923. The summed E-state index contributed by atoms with van der Waals surface area (Å²) in [6.45, 7) is 0. The molecule has 0 amide bonds. The van der Waals surface area contributed by atoms with Crippen LogP contribution in [-0.2, 0) is 4.79 Å². The molecule has 86 valence electrons. The predicted octanol–water partition coefficient (Wildman–Crippen LogP) is 2.83. The van der Waals surface area contributed by atoms with Crippen molar-refractivity contribution in [1.29, 1.82) is 0 Å². The molecule has 2 saturated carbocycles. The van der Waals surface area contributed by atoms with E-state index in [1.807, 2.05) is 0 Å². The summed E-state index contributed by atoms with van der Waals surface area (Å²) in [7, 11) is 0. The van der Waals surface area contributed by atoms with Gasteiger partial charge < -0.3 is 5.11 Å². The first-order valence-corrected chi connectivity index (χ1v) is 6.45. The standard InChI is InChI=1S/C13H22O2/c14-12-7-3-1-2-6-11(12)10-13(15)8-4-5-9-13/h11,15H,1-10H2. The second-order valence-electron chi connectivity index (χ2n) is 5.40. The van der Waals surface area contributed by atoms with Crippen LogP contribution in [0.3, 0.4) is 0 Å². The van der Waals surface area contributed by atoms with E-state index in [9.17, 15) is 9.90 Å². The molecule has 2 nitrogen and oxygen atoms in total. The van der Waals surface area contributed by atoms with Crippen LogP contribution in [0.4, 0.5) is 0 Å². The number of Topliss-reactive ketones (excluding diaryl/α,β-unsaturated/α-hetero) is 1. The molecule has 0 aromatic carbocycles. The molecule has 2 aliphatic carbocycles. The normalized spacial score (nSPS) is 31.5. The fourth-order valence-electron chi connectivity index (χ4n) is 3.14. The van der Waals surface area contributed by atoms with Gasteiger partial charge in [0.05, 0.1) is 5.60 Å². The second-order valence-corrected chi connectivity index (χ2v) is 5.40. The maximum absolute atomic E-state index is 11.8. The van der Waals surface area contributed by atoms with Gasteiger partial charge in [0.2, 0.25) is 0 Å². The number of aliphatic hydroxyl groups is 1. The molecule has 0 aromatic rings. The summed E-state index contributed by atoms with van der Waals surface area (Å²) in [6.07, 6.45) is 10.0. The van der Waals surface area contributed by atoms with Crippen LogP contribution in [0.25, 0.3) is 0 Å². The molecule has 2 rings (SSSR count). The van der Waals surface area contributed by atoms with Gasteiger partial charge in [-0.05, 0) is 32.1 Å². The maximum atomic E-state index is 11.8. The van der Waals surface area contributed by atoms with Crippen molar-refractivity contribution in [2.24, 2.45) is 5.92 Å². The summed E-state index contributed by atoms with van der Waals surface area (Å²) in [5.41, 5.74) is -0.495. The minimum absolute atomic E-state index is 0.163. The summed E-state index contributed by atoms with van der Waals surface area (Å²) in [5.74, 6) is 0.573. The van der Waals surface area contributed by atoms with Gasteiger partial charge in [0.15, 0.2) is 0 Å². The lowest BCUT2D eigenvalue weighted by atomic mass is 9.84. The van der Waals surface area contributed by atoms with Crippen LogP contribution in [0.2, 0.25) is 0 Å². The summed E-state index contributed by atoms with van der Waals surface area (Å²) in [5, 5.41) is 10.3. The Balaban J connectivity index is 1.93. The monoisotopic (exact) mass is 210 g/mol. The number of carbonyl (C=O) groups excluding carboxylic acids is 1. The molecule has 0 spiro atoms. The molecule has 0 radical (unpaired) electrons. The number of hydrogen-bond donors (Lipinski definition) is 1. The Bertz CT molecular complexity index is 229.